The van der Waals surface area contributed by atoms with Gasteiger partial charge in [-0.25, -0.2) is 13.6 Å². The smallest absolute Gasteiger partial charge is 0.413 e. The fraction of sp³-hybridized carbons (Fsp3) is 0.231. The first-order valence-electron chi connectivity index (χ1n) is 5.85. The summed E-state index contributed by atoms with van der Waals surface area (Å²) in [6.45, 7) is 0.124. The van der Waals surface area contributed by atoms with Crippen molar-refractivity contribution >= 4 is 0 Å². The fourth-order valence-corrected chi connectivity index (χ4v) is 2.22. The lowest BCUT2D eigenvalue weighted by Crippen LogP contribution is -2.30. The number of benzene rings is 1. The van der Waals surface area contributed by atoms with E-state index in [1.165, 1.54) is 6.07 Å². The predicted octanol–water partition coefficient (Wildman–Crippen LogP) is 1.27. The quantitative estimate of drug-likeness (QED) is 0.854. The molecule has 0 bridgehead atoms. The number of H-pyrrole nitrogens is 1. The lowest BCUT2D eigenvalue weighted by Gasteiger charge is -2.23. The van der Waals surface area contributed by atoms with Crippen LogP contribution in [0.1, 0.15) is 22.8 Å². The second-order valence-electron chi connectivity index (χ2n) is 4.43. The normalized spacial score (nSPS) is 17.8. The number of aromatic nitrogens is 1. The summed E-state index contributed by atoms with van der Waals surface area (Å²) in [5.74, 6) is -3.36. The second-order valence-corrected chi connectivity index (χ2v) is 4.43. The minimum Gasteiger partial charge on any atom is -0.413 e. The van der Waals surface area contributed by atoms with Crippen molar-refractivity contribution in [2.24, 2.45) is 0 Å². The summed E-state index contributed by atoms with van der Waals surface area (Å²) in [6, 6.07) is 3.34. The predicted molar refractivity (Wildman–Crippen MR) is 63.5 cm³/mol. The van der Waals surface area contributed by atoms with Crippen molar-refractivity contribution in [3.05, 3.63) is 67.6 Å². The molecule has 1 aromatic carbocycles. The van der Waals surface area contributed by atoms with Crippen molar-refractivity contribution in [2.45, 2.75) is 12.5 Å². The first-order valence-corrected chi connectivity index (χ1v) is 5.85. The molecule has 1 aliphatic rings. The van der Waals surface area contributed by atoms with Crippen LogP contribution in [0.5, 0.6) is 0 Å². The molecule has 1 N–H and O–H groups in total. The largest absolute Gasteiger partial charge is 0.419 e. The number of ether oxygens (including phenoxy) is 1. The number of hydrogen-bond donors (Lipinski definition) is 1. The average Bonchev–Trinajstić information content (AvgIpc) is 2.41. The van der Waals surface area contributed by atoms with Crippen LogP contribution in [0.2, 0.25) is 0 Å². The molecule has 2 heterocycles. The molecule has 0 radical (unpaired) electrons. The Morgan fingerprint density at radius 1 is 1.20 bits per heavy atom. The van der Waals surface area contributed by atoms with E-state index in [0.29, 0.717) is 5.56 Å². The Hall–Kier alpha value is -2.28. The van der Waals surface area contributed by atoms with Gasteiger partial charge < -0.3 is 9.15 Å². The summed E-state index contributed by atoms with van der Waals surface area (Å²) < 4.78 is 36.5. The van der Waals surface area contributed by atoms with Crippen LogP contribution in [-0.4, -0.2) is 11.6 Å². The molecular weight excluding hydrogens is 272 g/mol. The third-order valence-electron chi connectivity index (χ3n) is 3.18. The van der Waals surface area contributed by atoms with Gasteiger partial charge in [-0.3, -0.25) is 9.78 Å². The molecule has 0 spiro atoms. The zero-order chi connectivity index (χ0) is 14.3. The SMILES string of the molecule is O=c1[nH]c(=O)c2c(o1)C(c1ccc(F)c(F)c1)COC2. The zero-order valence-corrected chi connectivity index (χ0v) is 10.1. The molecule has 1 aromatic heterocycles. The highest BCUT2D eigenvalue weighted by Crippen LogP contribution is 2.30. The van der Waals surface area contributed by atoms with Crippen LogP contribution in [-0.2, 0) is 11.3 Å². The van der Waals surface area contributed by atoms with Gasteiger partial charge in [0.2, 0.25) is 0 Å². The van der Waals surface area contributed by atoms with Gasteiger partial charge in [0.05, 0.1) is 24.7 Å². The molecule has 0 amide bonds. The standard InChI is InChI=1S/C13H9F2NO4/c14-9-2-1-6(3-10(9)15)7-4-19-5-8-11(7)20-13(18)16-12(8)17/h1-3,7H,4-5H2,(H,16,17,18). The van der Waals surface area contributed by atoms with E-state index in [9.17, 15) is 18.4 Å². The topological polar surface area (TPSA) is 72.3 Å². The fourth-order valence-electron chi connectivity index (χ4n) is 2.22. The van der Waals surface area contributed by atoms with E-state index in [1.807, 2.05) is 4.98 Å². The Kier molecular flexibility index (Phi) is 2.98. The third-order valence-corrected chi connectivity index (χ3v) is 3.18. The van der Waals surface area contributed by atoms with Gasteiger partial charge in [0.1, 0.15) is 5.76 Å². The lowest BCUT2D eigenvalue weighted by molar-refractivity contribution is 0.0853. The molecular formula is C13H9F2NO4. The molecule has 104 valence electrons. The summed E-state index contributed by atoms with van der Waals surface area (Å²) in [6.07, 6.45) is 0. The van der Waals surface area contributed by atoms with E-state index in [4.69, 9.17) is 9.15 Å². The molecule has 0 saturated carbocycles. The van der Waals surface area contributed by atoms with Crippen molar-refractivity contribution in [1.29, 1.82) is 0 Å². The average molecular weight is 281 g/mol. The molecule has 20 heavy (non-hydrogen) atoms. The first kappa shape index (κ1) is 12.7. The van der Waals surface area contributed by atoms with Gasteiger partial charge in [0.25, 0.3) is 5.56 Å². The summed E-state index contributed by atoms with van der Waals surface area (Å²) in [7, 11) is 0. The van der Waals surface area contributed by atoms with Crippen molar-refractivity contribution < 1.29 is 17.9 Å². The minimum atomic E-state index is -1.01. The van der Waals surface area contributed by atoms with Crippen LogP contribution in [0.3, 0.4) is 0 Å². The van der Waals surface area contributed by atoms with Gasteiger partial charge >= 0.3 is 5.76 Å². The maximum Gasteiger partial charge on any atom is 0.419 e. The summed E-state index contributed by atoms with van der Waals surface area (Å²) in [5, 5.41) is 0. The number of halogens is 2. The van der Waals surface area contributed by atoms with Gasteiger partial charge in [0.15, 0.2) is 11.6 Å². The van der Waals surface area contributed by atoms with E-state index in [2.05, 4.69) is 0 Å². The Balaban J connectivity index is 2.16. The highest BCUT2D eigenvalue weighted by Gasteiger charge is 2.28. The number of aromatic amines is 1. The first-order chi connectivity index (χ1) is 9.56. The van der Waals surface area contributed by atoms with E-state index in [0.717, 1.165) is 12.1 Å². The summed E-state index contributed by atoms with van der Waals surface area (Å²) in [4.78, 5) is 24.9. The second kappa shape index (κ2) is 4.68. The lowest BCUT2D eigenvalue weighted by atomic mass is 9.93. The summed E-state index contributed by atoms with van der Waals surface area (Å²) in [5.41, 5.74) is -0.0345. The van der Waals surface area contributed by atoms with Crippen molar-refractivity contribution in [2.75, 3.05) is 6.61 Å². The van der Waals surface area contributed by atoms with Crippen LogP contribution in [0.4, 0.5) is 8.78 Å². The van der Waals surface area contributed by atoms with Crippen LogP contribution in [0.25, 0.3) is 0 Å². The number of fused-ring (bicyclic) bond motifs is 1. The molecule has 1 aliphatic heterocycles. The maximum absolute atomic E-state index is 13.3. The van der Waals surface area contributed by atoms with Crippen molar-refractivity contribution in [3.63, 3.8) is 0 Å². The van der Waals surface area contributed by atoms with Crippen LogP contribution in [0.15, 0.2) is 32.2 Å². The molecule has 1 atom stereocenters. The monoisotopic (exact) mass is 281 g/mol. The van der Waals surface area contributed by atoms with Gasteiger partial charge in [-0.1, -0.05) is 6.07 Å². The highest BCUT2D eigenvalue weighted by atomic mass is 19.2. The van der Waals surface area contributed by atoms with E-state index < -0.39 is 28.9 Å². The van der Waals surface area contributed by atoms with Crippen molar-refractivity contribution in [3.8, 4) is 0 Å². The maximum atomic E-state index is 13.3. The molecule has 0 fully saturated rings. The van der Waals surface area contributed by atoms with Crippen LogP contribution in [0, 0.1) is 11.6 Å². The molecule has 0 saturated heterocycles. The van der Waals surface area contributed by atoms with Gasteiger partial charge in [-0.15, -0.1) is 0 Å². The Labute approximate surface area is 110 Å². The minimum absolute atomic E-state index is 0.00856. The zero-order valence-electron chi connectivity index (χ0n) is 10.1. The summed E-state index contributed by atoms with van der Waals surface area (Å²) >= 11 is 0. The number of nitrogens with one attached hydrogen (secondary N) is 1. The Bertz CT molecular complexity index is 781. The molecule has 7 heteroatoms. The molecule has 2 aromatic rings. The molecule has 1 unspecified atom stereocenters. The molecule has 0 aliphatic carbocycles. The van der Waals surface area contributed by atoms with Crippen molar-refractivity contribution in [1.82, 2.24) is 4.98 Å². The van der Waals surface area contributed by atoms with E-state index >= 15 is 0 Å². The third kappa shape index (κ3) is 2.05. The van der Waals surface area contributed by atoms with E-state index in [1.54, 1.807) is 0 Å². The highest BCUT2D eigenvalue weighted by molar-refractivity contribution is 5.32. The Morgan fingerprint density at radius 2 is 2.00 bits per heavy atom. The van der Waals surface area contributed by atoms with Gasteiger partial charge in [-0.05, 0) is 17.7 Å². The van der Waals surface area contributed by atoms with Gasteiger partial charge in [0, 0.05) is 0 Å². The number of rotatable bonds is 1. The number of hydrogen-bond acceptors (Lipinski definition) is 4. The molecule has 3 rings (SSSR count). The van der Waals surface area contributed by atoms with Gasteiger partial charge in [-0.2, -0.15) is 0 Å². The van der Waals surface area contributed by atoms with E-state index in [-0.39, 0.29) is 24.5 Å². The van der Waals surface area contributed by atoms with Crippen LogP contribution >= 0.6 is 0 Å². The Morgan fingerprint density at radius 3 is 2.75 bits per heavy atom. The molecule has 5 nitrogen and oxygen atoms in total. The van der Waals surface area contributed by atoms with Crippen LogP contribution < -0.4 is 11.3 Å².